The van der Waals surface area contributed by atoms with E-state index < -0.39 is 5.97 Å². The Morgan fingerprint density at radius 1 is 1.16 bits per heavy atom. The van der Waals surface area contributed by atoms with Crippen LogP contribution in [0.5, 0.6) is 5.75 Å². The number of aromatic carboxylic acids is 1. The summed E-state index contributed by atoms with van der Waals surface area (Å²) in [5, 5.41) is 18.3. The Morgan fingerprint density at radius 2 is 1.84 bits per heavy atom. The van der Waals surface area contributed by atoms with Crippen molar-refractivity contribution in [2.45, 2.75) is 6.92 Å². The van der Waals surface area contributed by atoms with Crippen LogP contribution >= 0.6 is 0 Å². The molecule has 0 heterocycles. The van der Waals surface area contributed by atoms with Crippen LogP contribution in [0.2, 0.25) is 0 Å². The van der Waals surface area contributed by atoms with Gasteiger partial charge in [-0.05, 0) is 24.6 Å². The standard InChI is InChI=1S/C15H13NO3/c1-10-2-4-11(5-3-10)9-16-12-6-7-13(15(18)19)14(17)8-12/h2-9,17H,1H3,(H,18,19). The molecule has 0 aliphatic carbocycles. The minimum Gasteiger partial charge on any atom is -0.507 e. The Kier molecular flexibility index (Phi) is 3.61. The first kappa shape index (κ1) is 12.8. The number of hydrogen-bond acceptors (Lipinski definition) is 3. The zero-order valence-electron chi connectivity index (χ0n) is 10.4. The van der Waals surface area contributed by atoms with Gasteiger partial charge < -0.3 is 10.2 Å². The molecule has 0 radical (unpaired) electrons. The van der Waals surface area contributed by atoms with Crippen molar-refractivity contribution < 1.29 is 15.0 Å². The lowest BCUT2D eigenvalue weighted by atomic mass is 10.1. The number of carbonyl (C=O) groups is 1. The van der Waals surface area contributed by atoms with Crippen LogP contribution in [0.15, 0.2) is 47.5 Å². The van der Waals surface area contributed by atoms with Crippen LogP contribution in [0.4, 0.5) is 5.69 Å². The lowest BCUT2D eigenvalue weighted by molar-refractivity contribution is 0.0694. The number of nitrogens with zero attached hydrogens (tertiary/aromatic N) is 1. The number of phenols is 1. The fourth-order valence-electron chi connectivity index (χ4n) is 1.58. The van der Waals surface area contributed by atoms with Gasteiger partial charge in [-0.1, -0.05) is 29.8 Å². The quantitative estimate of drug-likeness (QED) is 0.828. The molecule has 0 spiro atoms. The molecule has 0 atom stereocenters. The summed E-state index contributed by atoms with van der Waals surface area (Å²) in [5.74, 6) is -1.45. The van der Waals surface area contributed by atoms with Crippen molar-refractivity contribution in [3.8, 4) is 5.75 Å². The molecule has 0 aliphatic rings. The summed E-state index contributed by atoms with van der Waals surface area (Å²) in [7, 11) is 0. The summed E-state index contributed by atoms with van der Waals surface area (Å²) in [6.45, 7) is 2.00. The minimum atomic E-state index is -1.16. The molecule has 0 saturated carbocycles. The van der Waals surface area contributed by atoms with Gasteiger partial charge in [-0.15, -0.1) is 0 Å². The molecular weight excluding hydrogens is 242 g/mol. The highest BCUT2D eigenvalue weighted by atomic mass is 16.4. The number of aryl methyl sites for hydroxylation is 1. The van der Waals surface area contributed by atoms with E-state index in [4.69, 9.17) is 5.11 Å². The highest BCUT2D eigenvalue weighted by Gasteiger charge is 2.08. The summed E-state index contributed by atoms with van der Waals surface area (Å²) in [6.07, 6.45) is 1.66. The molecule has 0 aliphatic heterocycles. The molecule has 2 N–H and O–H groups in total. The number of rotatable bonds is 3. The first-order valence-electron chi connectivity index (χ1n) is 5.73. The Labute approximate surface area is 110 Å². The molecule has 2 aromatic rings. The Morgan fingerprint density at radius 3 is 2.42 bits per heavy atom. The zero-order valence-corrected chi connectivity index (χ0v) is 10.4. The molecule has 4 heteroatoms. The predicted molar refractivity (Wildman–Crippen MR) is 73.5 cm³/mol. The summed E-state index contributed by atoms with van der Waals surface area (Å²) < 4.78 is 0. The molecule has 96 valence electrons. The lowest BCUT2D eigenvalue weighted by Crippen LogP contribution is -1.95. The van der Waals surface area contributed by atoms with Gasteiger partial charge >= 0.3 is 5.97 Å². The van der Waals surface area contributed by atoms with E-state index in [1.54, 1.807) is 12.3 Å². The van der Waals surface area contributed by atoms with Crippen LogP contribution in [0.3, 0.4) is 0 Å². The van der Waals surface area contributed by atoms with Crippen LogP contribution < -0.4 is 0 Å². The average molecular weight is 255 g/mol. The van der Waals surface area contributed by atoms with E-state index in [2.05, 4.69) is 4.99 Å². The predicted octanol–water partition coefficient (Wildman–Crippen LogP) is 3.15. The highest BCUT2D eigenvalue weighted by Crippen LogP contribution is 2.23. The largest absolute Gasteiger partial charge is 0.507 e. The number of benzene rings is 2. The topological polar surface area (TPSA) is 69.9 Å². The van der Waals surface area contributed by atoms with Gasteiger partial charge in [0.2, 0.25) is 0 Å². The van der Waals surface area contributed by atoms with Gasteiger partial charge in [-0.3, -0.25) is 4.99 Å². The van der Waals surface area contributed by atoms with Crippen LogP contribution in [0, 0.1) is 6.92 Å². The Hall–Kier alpha value is -2.62. The maximum absolute atomic E-state index is 10.7. The fraction of sp³-hybridized carbons (Fsp3) is 0.0667. The third-order valence-electron chi connectivity index (χ3n) is 2.65. The summed E-state index contributed by atoms with van der Waals surface area (Å²) >= 11 is 0. The van der Waals surface area contributed by atoms with Gasteiger partial charge in [0.15, 0.2) is 0 Å². The van der Waals surface area contributed by atoms with Crippen molar-refractivity contribution in [2.75, 3.05) is 0 Å². The summed E-state index contributed by atoms with van der Waals surface area (Å²) in [4.78, 5) is 14.9. The maximum Gasteiger partial charge on any atom is 0.339 e. The van der Waals surface area contributed by atoms with Crippen molar-refractivity contribution >= 4 is 17.9 Å². The second-order valence-electron chi connectivity index (χ2n) is 4.18. The first-order valence-corrected chi connectivity index (χ1v) is 5.73. The van der Waals surface area contributed by atoms with Crippen LogP contribution in [-0.4, -0.2) is 22.4 Å². The van der Waals surface area contributed by atoms with Gasteiger partial charge in [0.1, 0.15) is 11.3 Å². The van der Waals surface area contributed by atoms with Gasteiger partial charge in [-0.2, -0.15) is 0 Å². The molecule has 0 fully saturated rings. The molecule has 4 nitrogen and oxygen atoms in total. The molecule has 2 aromatic carbocycles. The number of carboxylic acids is 1. The second-order valence-corrected chi connectivity index (χ2v) is 4.18. The summed E-state index contributed by atoms with van der Waals surface area (Å²) in [5.41, 5.74) is 2.48. The third kappa shape index (κ3) is 3.19. The van der Waals surface area contributed by atoms with Crippen LogP contribution in [-0.2, 0) is 0 Å². The van der Waals surface area contributed by atoms with E-state index in [1.165, 1.54) is 17.7 Å². The van der Waals surface area contributed by atoms with Crippen molar-refractivity contribution in [3.05, 3.63) is 59.2 Å². The van der Waals surface area contributed by atoms with Gasteiger partial charge in [0, 0.05) is 12.3 Å². The molecule has 0 unspecified atom stereocenters. The SMILES string of the molecule is Cc1ccc(C=Nc2ccc(C(=O)O)c(O)c2)cc1. The van der Waals surface area contributed by atoms with Crippen molar-refractivity contribution in [1.29, 1.82) is 0 Å². The lowest BCUT2D eigenvalue weighted by Gasteiger charge is -2.00. The first-order chi connectivity index (χ1) is 9.06. The van der Waals surface area contributed by atoms with E-state index in [9.17, 15) is 9.90 Å². The number of aromatic hydroxyl groups is 1. The molecule has 19 heavy (non-hydrogen) atoms. The van der Waals surface area contributed by atoms with E-state index in [1.807, 2.05) is 31.2 Å². The van der Waals surface area contributed by atoms with Crippen LogP contribution in [0.25, 0.3) is 0 Å². The van der Waals surface area contributed by atoms with Gasteiger partial charge in [0.05, 0.1) is 5.69 Å². The highest BCUT2D eigenvalue weighted by molar-refractivity contribution is 5.91. The fourth-order valence-corrected chi connectivity index (χ4v) is 1.58. The van der Waals surface area contributed by atoms with Gasteiger partial charge in [-0.25, -0.2) is 4.79 Å². The number of aliphatic imine (C=N–C) groups is 1. The zero-order chi connectivity index (χ0) is 13.8. The van der Waals surface area contributed by atoms with Crippen LogP contribution in [0.1, 0.15) is 21.5 Å². The monoisotopic (exact) mass is 255 g/mol. The number of carboxylic acid groups (broad SMARTS) is 1. The van der Waals surface area contributed by atoms with E-state index >= 15 is 0 Å². The van der Waals surface area contributed by atoms with E-state index in [0.717, 1.165) is 5.56 Å². The average Bonchev–Trinajstić information content (AvgIpc) is 2.37. The molecule has 0 amide bonds. The Bertz CT molecular complexity index is 630. The molecule has 0 bridgehead atoms. The minimum absolute atomic E-state index is 0.130. The molecular formula is C15H13NO3. The van der Waals surface area contributed by atoms with Crippen molar-refractivity contribution in [3.63, 3.8) is 0 Å². The molecule has 2 rings (SSSR count). The molecule has 0 aromatic heterocycles. The van der Waals surface area contributed by atoms with Gasteiger partial charge in [0.25, 0.3) is 0 Å². The number of hydrogen-bond donors (Lipinski definition) is 2. The summed E-state index contributed by atoms with van der Waals surface area (Å²) in [6, 6.07) is 12.0. The van der Waals surface area contributed by atoms with Crippen molar-refractivity contribution in [2.24, 2.45) is 4.99 Å². The third-order valence-corrected chi connectivity index (χ3v) is 2.65. The Balaban J connectivity index is 2.22. The second kappa shape index (κ2) is 5.35. The van der Waals surface area contributed by atoms with Crippen molar-refractivity contribution in [1.82, 2.24) is 0 Å². The van der Waals surface area contributed by atoms with E-state index in [-0.39, 0.29) is 11.3 Å². The molecule has 0 saturated heterocycles. The smallest absolute Gasteiger partial charge is 0.339 e. The maximum atomic E-state index is 10.7. The normalized spacial score (nSPS) is 10.8. The van der Waals surface area contributed by atoms with E-state index in [0.29, 0.717) is 5.69 Å².